The number of rotatable bonds is 5. The largest absolute Gasteiger partial charge is 0.397 e. The van der Waals surface area contributed by atoms with Crippen molar-refractivity contribution >= 4 is 27.1 Å². The van der Waals surface area contributed by atoms with Crippen molar-refractivity contribution in [1.29, 1.82) is 0 Å². The van der Waals surface area contributed by atoms with E-state index in [0.717, 1.165) is 5.69 Å². The number of anilines is 3. The van der Waals surface area contributed by atoms with Crippen LogP contribution >= 0.6 is 0 Å². The number of para-hydroxylation sites is 1. The van der Waals surface area contributed by atoms with Crippen LogP contribution in [0.4, 0.5) is 17.1 Å². The molecule has 2 rings (SSSR count). The van der Waals surface area contributed by atoms with Crippen molar-refractivity contribution in [2.75, 3.05) is 24.2 Å². The van der Waals surface area contributed by atoms with Gasteiger partial charge in [0.05, 0.1) is 16.3 Å². The molecule has 0 saturated carbocycles. The Bertz CT molecular complexity index is 715. The highest BCUT2D eigenvalue weighted by molar-refractivity contribution is 7.89. The molecule has 2 aromatic rings. The average Bonchev–Trinajstić information content (AvgIpc) is 2.50. The first-order chi connectivity index (χ1) is 9.99. The van der Waals surface area contributed by atoms with Gasteiger partial charge in [-0.1, -0.05) is 18.2 Å². The molecule has 0 saturated heterocycles. The quantitative estimate of drug-likeness (QED) is 0.831. The van der Waals surface area contributed by atoms with Gasteiger partial charge in [0.2, 0.25) is 10.0 Å². The summed E-state index contributed by atoms with van der Waals surface area (Å²) in [4.78, 5) is 2.17. The fourth-order valence-corrected chi connectivity index (χ4v) is 2.89. The van der Waals surface area contributed by atoms with E-state index < -0.39 is 10.0 Å². The summed E-state index contributed by atoms with van der Waals surface area (Å²) < 4.78 is 26.2. The summed E-state index contributed by atoms with van der Waals surface area (Å²) >= 11 is 0. The van der Waals surface area contributed by atoms with E-state index in [-0.39, 0.29) is 4.90 Å². The second-order valence-electron chi connectivity index (χ2n) is 4.51. The van der Waals surface area contributed by atoms with E-state index >= 15 is 0 Å². The Morgan fingerprint density at radius 1 is 1.14 bits per heavy atom. The molecule has 0 amide bonds. The fraction of sp³-hybridized carbons (Fsp3) is 0.200. The maximum Gasteiger partial charge on any atom is 0.240 e. The van der Waals surface area contributed by atoms with Crippen LogP contribution in [0.1, 0.15) is 6.92 Å². The molecule has 0 fully saturated rings. The second kappa shape index (κ2) is 6.15. The van der Waals surface area contributed by atoms with Crippen LogP contribution in [0.25, 0.3) is 0 Å². The van der Waals surface area contributed by atoms with Crippen molar-refractivity contribution in [1.82, 2.24) is 4.72 Å². The van der Waals surface area contributed by atoms with Gasteiger partial charge < -0.3 is 10.6 Å². The number of sulfonamides is 1. The van der Waals surface area contributed by atoms with Gasteiger partial charge in [0, 0.05) is 12.2 Å². The van der Waals surface area contributed by atoms with Crippen molar-refractivity contribution in [3.05, 3.63) is 48.5 Å². The molecule has 112 valence electrons. The smallest absolute Gasteiger partial charge is 0.240 e. The van der Waals surface area contributed by atoms with E-state index in [1.54, 1.807) is 12.1 Å². The number of hydrogen-bond donors (Lipinski definition) is 2. The summed E-state index contributed by atoms with van der Waals surface area (Å²) in [5, 5.41) is 0. The lowest BCUT2D eigenvalue weighted by atomic mass is 10.2. The molecule has 0 aromatic heterocycles. The highest BCUT2D eigenvalue weighted by Crippen LogP contribution is 2.32. The first kappa shape index (κ1) is 15.3. The molecule has 0 bridgehead atoms. The average molecular weight is 305 g/mol. The van der Waals surface area contributed by atoms with Gasteiger partial charge in [-0.2, -0.15) is 0 Å². The molecule has 0 radical (unpaired) electrons. The number of nitrogens with two attached hydrogens (primary N) is 1. The van der Waals surface area contributed by atoms with Crippen LogP contribution < -0.4 is 15.4 Å². The molecule has 0 aliphatic rings. The van der Waals surface area contributed by atoms with Crippen molar-refractivity contribution in [3.63, 3.8) is 0 Å². The highest BCUT2D eigenvalue weighted by Gasteiger charge is 2.16. The maximum absolute atomic E-state index is 11.9. The minimum Gasteiger partial charge on any atom is -0.397 e. The second-order valence-corrected chi connectivity index (χ2v) is 6.39. The SMILES string of the molecule is CCN(c1ccccc1)c1cc(S(=O)(=O)NC)ccc1N. The predicted molar refractivity (Wildman–Crippen MR) is 86.2 cm³/mol. The topological polar surface area (TPSA) is 75.4 Å². The Kier molecular flexibility index (Phi) is 4.50. The van der Waals surface area contributed by atoms with Gasteiger partial charge in [0.1, 0.15) is 0 Å². The highest BCUT2D eigenvalue weighted by atomic mass is 32.2. The van der Waals surface area contributed by atoms with Gasteiger partial charge in [-0.3, -0.25) is 0 Å². The summed E-state index contributed by atoms with van der Waals surface area (Å²) in [5.74, 6) is 0. The Balaban J connectivity index is 2.54. The van der Waals surface area contributed by atoms with Gasteiger partial charge in [0.15, 0.2) is 0 Å². The summed E-state index contributed by atoms with van der Waals surface area (Å²) in [7, 11) is -2.10. The molecule has 6 heteroatoms. The lowest BCUT2D eigenvalue weighted by Crippen LogP contribution is -2.21. The lowest BCUT2D eigenvalue weighted by molar-refractivity contribution is 0.588. The Morgan fingerprint density at radius 3 is 2.38 bits per heavy atom. The van der Waals surface area contributed by atoms with E-state index in [1.807, 2.05) is 42.2 Å². The molecule has 3 N–H and O–H groups in total. The normalized spacial score (nSPS) is 11.3. The molecule has 2 aromatic carbocycles. The number of nitrogen functional groups attached to an aromatic ring is 1. The Morgan fingerprint density at radius 2 is 1.81 bits per heavy atom. The number of benzene rings is 2. The zero-order valence-electron chi connectivity index (χ0n) is 12.1. The first-order valence-electron chi connectivity index (χ1n) is 6.65. The number of nitrogens with one attached hydrogen (secondary N) is 1. The Hall–Kier alpha value is -2.05. The number of hydrogen-bond acceptors (Lipinski definition) is 4. The Labute approximate surface area is 125 Å². The van der Waals surface area contributed by atoms with Crippen molar-refractivity contribution in [2.45, 2.75) is 11.8 Å². The minimum atomic E-state index is -3.49. The minimum absolute atomic E-state index is 0.198. The molecule has 0 unspecified atom stereocenters. The van der Waals surface area contributed by atoms with E-state index in [2.05, 4.69) is 4.72 Å². The molecule has 0 aliphatic heterocycles. The van der Waals surface area contributed by atoms with Crippen molar-refractivity contribution < 1.29 is 8.42 Å². The molecule has 21 heavy (non-hydrogen) atoms. The van der Waals surface area contributed by atoms with Gasteiger partial charge in [-0.15, -0.1) is 0 Å². The van der Waals surface area contributed by atoms with E-state index in [9.17, 15) is 8.42 Å². The molecule has 5 nitrogen and oxygen atoms in total. The third kappa shape index (κ3) is 3.17. The van der Waals surface area contributed by atoms with Gasteiger partial charge in [0.25, 0.3) is 0 Å². The van der Waals surface area contributed by atoms with Gasteiger partial charge in [-0.05, 0) is 44.3 Å². The molecular formula is C15H19N3O2S. The number of nitrogens with zero attached hydrogens (tertiary/aromatic N) is 1. The van der Waals surface area contributed by atoms with Crippen molar-refractivity contribution in [2.24, 2.45) is 0 Å². The summed E-state index contributed by atoms with van der Waals surface area (Å²) in [6, 6.07) is 14.4. The first-order valence-corrected chi connectivity index (χ1v) is 8.13. The van der Waals surface area contributed by atoms with Crippen LogP contribution in [-0.2, 0) is 10.0 Å². The lowest BCUT2D eigenvalue weighted by Gasteiger charge is -2.25. The van der Waals surface area contributed by atoms with Crippen LogP contribution in [0, 0.1) is 0 Å². The van der Waals surface area contributed by atoms with Crippen LogP contribution in [0.3, 0.4) is 0 Å². The summed E-state index contributed by atoms with van der Waals surface area (Å²) in [6.45, 7) is 2.67. The fourth-order valence-electron chi connectivity index (χ4n) is 2.14. The van der Waals surface area contributed by atoms with E-state index in [4.69, 9.17) is 5.73 Å². The van der Waals surface area contributed by atoms with Gasteiger partial charge in [-0.25, -0.2) is 13.1 Å². The zero-order chi connectivity index (χ0) is 15.5. The standard InChI is InChI=1S/C15H19N3O2S/c1-3-18(12-7-5-4-6-8-12)15-11-13(9-10-14(15)16)21(19,20)17-2/h4-11,17H,3,16H2,1-2H3. The van der Waals surface area contributed by atoms with Crippen LogP contribution in [0.15, 0.2) is 53.4 Å². The zero-order valence-corrected chi connectivity index (χ0v) is 12.9. The third-order valence-corrected chi connectivity index (χ3v) is 4.67. The van der Waals surface area contributed by atoms with Gasteiger partial charge >= 0.3 is 0 Å². The van der Waals surface area contributed by atoms with Crippen molar-refractivity contribution in [3.8, 4) is 0 Å². The van der Waals surface area contributed by atoms with Crippen LogP contribution in [0.5, 0.6) is 0 Å². The molecule has 0 aliphatic carbocycles. The van der Waals surface area contributed by atoms with Crippen LogP contribution in [0.2, 0.25) is 0 Å². The van der Waals surface area contributed by atoms with E-state index in [0.29, 0.717) is 17.9 Å². The molecular weight excluding hydrogens is 286 g/mol. The summed E-state index contributed by atoms with van der Waals surface area (Å²) in [6.07, 6.45) is 0. The molecule has 0 spiro atoms. The van der Waals surface area contributed by atoms with Crippen LogP contribution in [-0.4, -0.2) is 22.0 Å². The molecule has 0 heterocycles. The summed E-state index contributed by atoms with van der Waals surface area (Å²) in [5.41, 5.74) is 8.21. The third-order valence-electron chi connectivity index (χ3n) is 3.26. The maximum atomic E-state index is 11.9. The monoisotopic (exact) mass is 305 g/mol. The molecule has 0 atom stereocenters. The van der Waals surface area contributed by atoms with E-state index in [1.165, 1.54) is 13.1 Å². The predicted octanol–water partition coefficient (Wildman–Crippen LogP) is 2.33.